The van der Waals surface area contributed by atoms with Gasteiger partial charge >= 0.3 is 0 Å². The van der Waals surface area contributed by atoms with E-state index in [9.17, 15) is 9.18 Å². The Kier molecular flexibility index (Phi) is 3.85. The van der Waals surface area contributed by atoms with E-state index >= 15 is 0 Å². The van der Waals surface area contributed by atoms with Crippen molar-refractivity contribution in [1.29, 1.82) is 0 Å². The van der Waals surface area contributed by atoms with Crippen LogP contribution in [0.25, 0.3) is 0 Å². The van der Waals surface area contributed by atoms with Crippen LogP contribution in [-0.2, 0) is 11.2 Å². The molecule has 1 rings (SSSR count). The molecule has 3 nitrogen and oxygen atoms in total. The number of hydrogen-bond acceptors (Lipinski definition) is 2. The molecule has 0 unspecified atom stereocenters. The molecule has 0 aromatic heterocycles. The average molecular weight is 218 g/mol. The van der Waals surface area contributed by atoms with Crippen molar-refractivity contribution in [3.8, 4) is 0 Å². The summed E-state index contributed by atoms with van der Waals surface area (Å²) in [4.78, 5) is 10.7. The first kappa shape index (κ1) is 10.9. The Balaban J connectivity index is 2.60. The van der Waals surface area contributed by atoms with E-state index in [1.54, 1.807) is 6.07 Å². The number of carbonyl (C=O) groups excluding carboxylic acids is 1. The van der Waals surface area contributed by atoms with E-state index in [0.717, 1.165) is 5.56 Å². The lowest BCUT2D eigenvalue weighted by atomic mass is 10.1. The van der Waals surface area contributed by atoms with Gasteiger partial charge in [0.15, 0.2) is 0 Å². The molecule has 1 aromatic carbocycles. The minimum absolute atomic E-state index is 0.0342. The van der Waals surface area contributed by atoms with Gasteiger partial charge in [-0.15, -0.1) is 0 Å². The highest BCUT2D eigenvalue weighted by Crippen LogP contribution is 2.16. The standard InChI is InChI=1S/C9H9ClFNO2/c10-7-5-6(1-3-8(7)11)2-4-9(13)12-14/h1,3,5,14H,2,4H2,(H,12,13). The van der Waals surface area contributed by atoms with Gasteiger partial charge in [0.25, 0.3) is 0 Å². The second-order valence-corrected chi connectivity index (χ2v) is 3.19. The maximum absolute atomic E-state index is 12.7. The van der Waals surface area contributed by atoms with Crippen LogP contribution in [0, 0.1) is 5.82 Å². The summed E-state index contributed by atoms with van der Waals surface area (Å²) in [5.41, 5.74) is 2.27. The molecule has 0 saturated heterocycles. The molecule has 0 spiro atoms. The van der Waals surface area contributed by atoms with Crippen LogP contribution in [0.5, 0.6) is 0 Å². The molecule has 1 amide bonds. The molecule has 0 aliphatic carbocycles. The van der Waals surface area contributed by atoms with Crippen molar-refractivity contribution in [2.75, 3.05) is 0 Å². The molecule has 0 radical (unpaired) electrons. The summed E-state index contributed by atoms with van der Waals surface area (Å²) >= 11 is 5.54. The summed E-state index contributed by atoms with van der Waals surface area (Å²) in [5, 5.41) is 8.26. The number of halogens is 2. The molecular formula is C9H9ClFNO2. The largest absolute Gasteiger partial charge is 0.289 e. The van der Waals surface area contributed by atoms with E-state index in [1.165, 1.54) is 17.6 Å². The Labute approximate surface area is 85.5 Å². The Morgan fingerprint density at radius 1 is 1.57 bits per heavy atom. The maximum Gasteiger partial charge on any atom is 0.243 e. The fourth-order valence-corrected chi connectivity index (χ4v) is 1.21. The molecule has 0 bridgehead atoms. The van der Waals surface area contributed by atoms with Gasteiger partial charge in [-0.3, -0.25) is 10.0 Å². The Morgan fingerprint density at radius 3 is 2.86 bits per heavy atom. The molecular weight excluding hydrogens is 209 g/mol. The number of amides is 1. The number of rotatable bonds is 3. The zero-order valence-electron chi connectivity index (χ0n) is 7.26. The fraction of sp³-hybridized carbons (Fsp3) is 0.222. The van der Waals surface area contributed by atoms with E-state index in [-0.39, 0.29) is 11.4 Å². The van der Waals surface area contributed by atoms with Gasteiger partial charge in [-0.25, -0.2) is 9.87 Å². The third-order valence-electron chi connectivity index (χ3n) is 1.75. The number of aryl methyl sites for hydroxylation is 1. The molecule has 0 heterocycles. The number of benzene rings is 1. The second-order valence-electron chi connectivity index (χ2n) is 2.78. The van der Waals surface area contributed by atoms with Gasteiger partial charge in [-0.05, 0) is 24.1 Å². The van der Waals surface area contributed by atoms with Crippen LogP contribution in [0.15, 0.2) is 18.2 Å². The van der Waals surface area contributed by atoms with Gasteiger partial charge in [0.05, 0.1) is 5.02 Å². The van der Waals surface area contributed by atoms with Crippen molar-refractivity contribution < 1.29 is 14.4 Å². The van der Waals surface area contributed by atoms with Gasteiger partial charge in [0, 0.05) is 6.42 Å². The molecule has 5 heteroatoms. The molecule has 0 saturated carbocycles. The average Bonchev–Trinajstić information content (AvgIpc) is 2.19. The van der Waals surface area contributed by atoms with Crippen LogP contribution in [0.2, 0.25) is 5.02 Å². The van der Waals surface area contributed by atoms with Crippen LogP contribution in [0.1, 0.15) is 12.0 Å². The van der Waals surface area contributed by atoms with E-state index in [1.807, 2.05) is 0 Å². The zero-order valence-corrected chi connectivity index (χ0v) is 8.01. The maximum atomic E-state index is 12.7. The summed E-state index contributed by atoms with van der Waals surface area (Å²) in [6.45, 7) is 0. The first-order chi connectivity index (χ1) is 6.63. The van der Waals surface area contributed by atoms with Gasteiger partial charge in [-0.2, -0.15) is 0 Å². The lowest BCUT2D eigenvalue weighted by Gasteiger charge is -2.01. The monoisotopic (exact) mass is 217 g/mol. The Morgan fingerprint density at radius 2 is 2.29 bits per heavy atom. The summed E-state index contributed by atoms with van der Waals surface area (Å²) in [5.74, 6) is -0.965. The molecule has 0 aliphatic heterocycles. The molecule has 0 aliphatic rings. The van der Waals surface area contributed by atoms with Gasteiger partial charge in [-0.1, -0.05) is 17.7 Å². The number of carbonyl (C=O) groups is 1. The van der Waals surface area contributed by atoms with Crippen LogP contribution in [0.4, 0.5) is 4.39 Å². The predicted molar refractivity (Wildman–Crippen MR) is 49.7 cm³/mol. The highest BCUT2D eigenvalue weighted by Gasteiger charge is 2.03. The summed E-state index contributed by atoms with van der Waals surface area (Å²) in [6, 6.07) is 4.25. The van der Waals surface area contributed by atoms with Gasteiger partial charge < -0.3 is 0 Å². The third kappa shape index (κ3) is 2.97. The highest BCUT2D eigenvalue weighted by atomic mass is 35.5. The summed E-state index contributed by atoms with van der Waals surface area (Å²) < 4.78 is 12.7. The minimum atomic E-state index is -0.484. The van der Waals surface area contributed by atoms with E-state index in [0.29, 0.717) is 6.42 Å². The van der Waals surface area contributed by atoms with Crippen LogP contribution < -0.4 is 5.48 Å². The van der Waals surface area contributed by atoms with Crippen molar-refractivity contribution in [3.05, 3.63) is 34.6 Å². The second kappa shape index (κ2) is 4.93. The van der Waals surface area contributed by atoms with E-state index < -0.39 is 11.7 Å². The molecule has 76 valence electrons. The first-order valence-electron chi connectivity index (χ1n) is 4.00. The summed E-state index contributed by atoms with van der Waals surface area (Å²) in [6.07, 6.45) is 0.546. The van der Waals surface area contributed by atoms with Gasteiger partial charge in [0.2, 0.25) is 5.91 Å². The van der Waals surface area contributed by atoms with Crippen molar-refractivity contribution in [2.45, 2.75) is 12.8 Å². The topological polar surface area (TPSA) is 49.3 Å². The smallest absolute Gasteiger partial charge is 0.243 e. The fourth-order valence-electron chi connectivity index (χ4n) is 1.01. The van der Waals surface area contributed by atoms with Crippen LogP contribution >= 0.6 is 11.6 Å². The van der Waals surface area contributed by atoms with Crippen LogP contribution in [0.3, 0.4) is 0 Å². The Hall–Kier alpha value is -1.13. The lowest BCUT2D eigenvalue weighted by Crippen LogP contribution is -2.18. The molecule has 1 aromatic rings. The number of hydrogen-bond donors (Lipinski definition) is 2. The molecule has 14 heavy (non-hydrogen) atoms. The SMILES string of the molecule is O=C(CCc1ccc(F)c(Cl)c1)NO. The quantitative estimate of drug-likeness (QED) is 0.600. The molecule has 0 fully saturated rings. The first-order valence-corrected chi connectivity index (χ1v) is 4.38. The number of hydroxylamine groups is 1. The highest BCUT2D eigenvalue weighted by molar-refractivity contribution is 6.30. The predicted octanol–water partition coefficient (Wildman–Crippen LogP) is 1.92. The van der Waals surface area contributed by atoms with Crippen LogP contribution in [-0.4, -0.2) is 11.1 Å². The number of nitrogens with one attached hydrogen (secondary N) is 1. The van der Waals surface area contributed by atoms with Gasteiger partial charge in [0.1, 0.15) is 5.82 Å². The lowest BCUT2D eigenvalue weighted by molar-refractivity contribution is -0.129. The van der Waals surface area contributed by atoms with Crippen molar-refractivity contribution in [3.63, 3.8) is 0 Å². The van der Waals surface area contributed by atoms with Crippen molar-refractivity contribution >= 4 is 17.5 Å². The molecule has 2 N–H and O–H groups in total. The van der Waals surface area contributed by atoms with Crippen molar-refractivity contribution in [1.82, 2.24) is 5.48 Å². The van der Waals surface area contributed by atoms with Crippen molar-refractivity contribution in [2.24, 2.45) is 0 Å². The zero-order chi connectivity index (χ0) is 10.6. The normalized spacial score (nSPS) is 9.93. The minimum Gasteiger partial charge on any atom is -0.289 e. The third-order valence-corrected chi connectivity index (χ3v) is 2.04. The van der Waals surface area contributed by atoms with E-state index in [4.69, 9.17) is 16.8 Å². The summed E-state index contributed by atoms with van der Waals surface area (Å²) in [7, 11) is 0. The van der Waals surface area contributed by atoms with E-state index in [2.05, 4.69) is 0 Å². The molecule has 0 atom stereocenters. The Bertz CT molecular complexity index is 344.